The highest BCUT2D eigenvalue weighted by Crippen LogP contribution is 2.18. The number of aliphatic hydroxyl groups excluding tert-OH is 1. The number of nitrogens with two attached hydrogens (primary N) is 1. The normalized spacial score (nSPS) is 12.4. The first-order valence-electron chi connectivity index (χ1n) is 5.95. The van der Waals surface area contributed by atoms with Crippen LogP contribution in [0.4, 0.5) is 0 Å². The third kappa shape index (κ3) is 5.17. The fourth-order valence-electron chi connectivity index (χ4n) is 1.43. The van der Waals surface area contributed by atoms with Gasteiger partial charge in [0.15, 0.2) is 0 Å². The molecule has 0 aromatic heterocycles. The SMILES string of the molecule is CC[C@@H](N)c1ccc(OCCOCCO)cc1. The van der Waals surface area contributed by atoms with E-state index in [2.05, 4.69) is 6.92 Å². The number of hydrogen-bond acceptors (Lipinski definition) is 4. The van der Waals surface area contributed by atoms with Crippen molar-refractivity contribution in [1.29, 1.82) is 0 Å². The van der Waals surface area contributed by atoms with Gasteiger partial charge in [-0.2, -0.15) is 0 Å². The zero-order valence-corrected chi connectivity index (χ0v) is 10.3. The highest BCUT2D eigenvalue weighted by atomic mass is 16.5. The summed E-state index contributed by atoms with van der Waals surface area (Å²) >= 11 is 0. The van der Waals surface area contributed by atoms with Gasteiger partial charge < -0.3 is 20.3 Å². The topological polar surface area (TPSA) is 64.7 Å². The maximum Gasteiger partial charge on any atom is 0.119 e. The molecule has 96 valence electrons. The van der Waals surface area contributed by atoms with Gasteiger partial charge in [-0.15, -0.1) is 0 Å². The van der Waals surface area contributed by atoms with Crippen LogP contribution in [0.15, 0.2) is 24.3 Å². The third-order valence-corrected chi connectivity index (χ3v) is 2.48. The second kappa shape index (κ2) is 8.06. The standard InChI is InChI=1S/C13H21NO3/c1-2-13(14)11-3-5-12(6-4-11)17-10-9-16-8-7-15/h3-6,13,15H,2,7-10,14H2,1H3/t13-/m1/s1. The van der Waals surface area contributed by atoms with Crippen molar-refractivity contribution in [3.05, 3.63) is 29.8 Å². The molecule has 4 nitrogen and oxygen atoms in total. The molecule has 0 amide bonds. The quantitative estimate of drug-likeness (QED) is 0.674. The van der Waals surface area contributed by atoms with Gasteiger partial charge in [-0.1, -0.05) is 19.1 Å². The van der Waals surface area contributed by atoms with Gasteiger partial charge in [0.25, 0.3) is 0 Å². The summed E-state index contributed by atoms with van der Waals surface area (Å²) in [6, 6.07) is 7.89. The molecular formula is C13H21NO3. The lowest BCUT2D eigenvalue weighted by atomic mass is 10.1. The van der Waals surface area contributed by atoms with Gasteiger partial charge in [0.1, 0.15) is 12.4 Å². The minimum Gasteiger partial charge on any atom is -0.491 e. The molecule has 0 fully saturated rings. The summed E-state index contributed by atoms with van der Waals surface area (Å²) in [6.45, 7) is 3.43. The van der Waals surface area contributed by atoms with E-state index in [4.69, 9.17) is 20.3 Å². The molecule has 0 spiro atoms. The van der Waals surface area contributed by atoms with Crippen molar-refractivity contribution < 1.29 is 14.6 Å². The second-order valence-corrected chi connectivity index (χ2v) is 3.77. The molecule has 1 aromatic carbocycles. The van der Waals surface area contributed by atoms with E-state index in [0.717, 1.165) is 17.7 Å². The number of ether oxygens (including phenoxy) is 2. The van der Waals surface area contributed by atoms with Crippen molar-refractivity contribution in [3.8, 4) is 5.75 Å². The summed E-state index contributed by atoms with van der Waals surface area (Å²) in [7, 11) is 0. The molecule has 1 aromatic rings. The van der Waals surface area contributed by atoms with Gasteiger partial charge >= 0.3 is 0 Å². The van der Waals surface area contributed by atoms with E-state index < -0.39 is 0 Å². The zero-order chi connectivity index (χ0) is 12.5. The van der Waals surface area contributed by atoms with Crippen LogP contribution in [0.2, 0.25) is 0 Å². The van der Waals surface area contributed by atoms with E-state index in [-0.39, 0.29) is 12.6 Å². The van der Waals surface area contributed by atoms with Gasteiger partial charge in [0.2, 0.25) is 0 Å². The second-order valence-electron chi connectivity index (χ2n) is 3.77. The van der Waals surface area contributed by atoms with E-state index in [1.165, 1.54) is 0 Å². The van der Waals surface area contributed by atoms with Crippen LogP contribution in [0.25, 0.3) is 0 Å². The fraction of sp³-hybridized carbons (Fsp3) is 0.538. The number of hydrogen-bond donors (Lipinski definition) is 2. The predicted octanol–water partition coefficient (Wildman–Crippen LogP) is 1.48. The Labute approximate surface area is 102 Å². The van der Waals surface area contributed by atoms with E-state index in [1.54, 1.807) is 0 Å². The molecule has 0 aliphatic carbocycles. The fourth-order valence-corrected chi connectivity index (χ4v) is 1.43. The Morgan fingerprint density at radius 1 is 1.18 bits per heavy atom. The molecule has 0 bridgehead atoms. The first kappa shape index (κ1) is 14.0. The van der Waals surface area contributed by atoms with Crippen LogP contribution < -0.4 is 10.5 Å². The van der Waals surface area contributed by atoms with Crippen LogP contribution in [0, 0.1) is 0 Å². The predicted molar refractivity (Wildman–Crippen MR) is 67.1 cm³/mol. The Balaban J connectivity index is 2.30. The zero-order valence-electron chi connectivity index (χ0n) is 10.3. The molecule has 3 N–H and O–H groups in total. The van der Waals surface area contributed by atoms with Crippen LogP contribution in [-0.2, 0) is 4.74 Å². The number of rotatable bonds is 8. The average Bonchev–Trinajstić information content (AvgIpc) is 2.38. The molecule has 0 unspecified atom stereocenters. The molecule has 0 heterocycles. The highest BCUT2D eigenvalue weighted by Gasteiger charge is 2.02. The van der Waals surface area contributed by atoms with Gasteiger partial charge in [-0.3, -0.25) is 0 Å². The van der Waals surface area contributed by atoms with E-state index in [1.807, 2.05) is 24.3 Å². The largest absolute Gasteiger partial charge is 0.491 e. The summed E-state index contributed by atoms with van der Waals surface area (Å²) in [5, 5.41) is 8.51. The van der Waals surface area contributed by atoms with E-state index >= 15 is 0 Å². The van der Waals surface area contributed by atoms with Crippen LogP contribution in [-0.4, -0.2) is 31.5 Å². The van der Waals surface area contributed by atoms with E-state index in [0.29, 0.717) is 19.8 Å². The Hall–Kier alpha value is -1.10. The van der Waals surface area contributed by atoms with Crippen molar-refractivity contribution in [2.45, 2.75) is 19.4 Å². The maximum absolute atomic E-state index is 8.51. The molecule has 1 atom stereocenters. The number of aliphatic hydroxyl groups is 1. The molecule has 0 saturated heterocycles. The number of benzene rings is 1. The van der Waals surface area contributed by atoms with E-state index in [9.17, 15) is 0 Å². The molecule has 0 saturated carbocycles. The van der Waals surface area contributed by atoms with Gasteiger partial charge in [0.05, 0.1) is 19.8 Å². The molecule has 0 radical (unpaired) electrons. The Bertz CT molecular complexity index is 300. The van der Waals surface area contributed by atoms with Crippen molar-refractivity contribution in [2.24, 2.45) is 5.73 Å². The van der Waals surface area contributed by atoms with Gasteiger partial charge in [-0.05, 0) is 24.1 Å². The molecule has 0 aliphatic rings. The Kier molecular flexibility index (Phi) is 6.62. The summed E-state index contributed by atoms with van der Waals surface area (Å²) < 4.78 is 10.6. The average molecular weight is 239 g/mol. The third-order valence-electron chi connectivity index (χ3n) is 2.48. The molecule has 0 aliphatic heterocycles. The van der Waals surface area contributed by atoms with Crippen LogP contribution in [0.3, 0.4) is 0 Å². The molecule has 17 heavy (non-hydrogen) atoms. The lowest BCUT2D eigenvalue weighted by molar-refractivity contribution is 0.0705. The summed E-state index contributed by atoms with van der Waals surface area (Å²) in [4.78, 5) is 0. The van der Waals surface area contributed by atoms with Crippen molar-refractivity contribution in [3.63, 3.8) is 0 Å². The Morgan fingerprint density at radius 2 is 1.88 bits per heavy atom. The van der Waals surface area contributed by atoms with Crippen LogP contribution in [0.1, 0.15) is 24.9 Å². The minimum absolute atomic E-state index is 0.0452. The molecule has 4 heteroatoms. The summed E-state index contributed by atoms with van der Waals surface area (Å²) in [6.07, 6.45) is 0.926. The molecule has 1 rings (SSSR count). The van der Waals surface area contributed by atoms with Crippen molar-refractivity contribution in [2.75, 3.05) is 26.4 Å². The van der Waals surface area contributed by atoms with Crippen LogP contribution in [0.5, 0.6) is 5.75 Å². The van der Waals surface area contributed by atoms with Gasteiger partial charge in [0, 0.05) is 6.04 Å². The highest BCUT2D eigenvalue weighted by molar-refractivity contribution is 5.28. The molecular weight excluding hydrogens is 218 g/mol. The van der Waals surface area contributed by atoms with Crippen molar-refractivity contribution >= 4 is 0 Å². The summed E-state index contributed by atoms with van der Waals surface area (Å²) in [5.74, 6) is 0.810. The summed E-state index contributed by atoms with van der Waals surface area (Å²) in [5.41, 5.74) is 7.04. The monoisotopic (exact) mass is 239 g/mol. The minimum atomic E-state index is 0.0452. The first-order valence-corrected chi connectivity index (χ1v) is 5.95. The van der Waals surface area contributed by atoms with Gasteiger partial charge in [-0.25, -0.2) is 0 Å². The lowest BCUT2D eigenvalue weighted by Crippen LogP contribution is -2.10. The Morgan fingerprint density at radius 3 is 2.47 bits per heavy atom. The smallest absolute Gasteiger partial charge is 0.119 e. The van der Waals surface area contributed by atoms with Crippen molar-refractivity contribution in [1.82, 2.24) is 0 Å². The first-order chi connectivity index (χ1) is 8.27. The maximum atomic E-state index is 8.51. The van der Waals surface area contributed by atoms with Crippen LogP contribution >= 0.6 is 0 Å². The lowest BCUT2D eigenvalue weighted by Gasteiger charge is -2.10.